The van der Waals surface area contributed by atoms with Crippen LogP contribution in [0.1, 0.15) is 80.1 Å². The normalized spacial score (nSPS) is 18.9. The van der Waals surface area contributed by atoms with Crippen molar-refractivity contribution >= 4 is 0 Å². The minimum absolute atomic E-state index is 0.972. The van der Waals surface area contributed by atoms with E-state index >= 15 is 0 Å². The molecule has 0 heterocycles. The topological polar surface area (TPSA) is 0 Å². The van der Waals surface area contributed by atoms with Gasteiger partial charge in [-0.3, -0.25) is 0 Å². The Morgan fingerprint density at radius 2 is 1.08 bits per heavy atom. The van der Waals surface area contributed by atoms with E-state index in [1.54, 1.807) is 25.7 Å². The molecule has 2 fully saturated rings. The molecule has 0 aromatic heterocycles. The van der Waals surface area contributed by atoms with Gasteiger partial charge in [-0.2, -0.15) is 0 Å². The molecule has 0 saturated heterocycles. The molecule has 0 N–H and O–H groups in total. The highest BCUT2D eigenvalue weighted by Gasteiger charge is 2.46. The van der Waals surface area contributed by atoms with Crippen LogP contribution < -0.4 is 0 Å². The van der Waals surface area contributed by atoms with Gasteiger partial charge in [-0.25, -0.2) is 0 Å². The lowest BCUT2D eigenvalue weighted by molar-refractivity contribution is 0.289. The summed E-state index contributed by atoms with van der Waals surface area (Å²) in [6, 6.07) is 0. The third-order valence-electron chi connectivity index (χ3n) is 2.37. The Balaban J connectivity index is 0. The molecule has 0 aromatic carbocycles. The van der Waals surface area contributed by atoms with E-state index in [4.69, 9.17) is 0 Å². The fraction of sp³-hybridized carbons (Fsp3) is 1.00. The van der Waals surface area contributed by atoms with Gasteiger partial charge in [0.25, 0.3) is 0 Å². The van der Waals surface area contributed by atoms with Crippen LogP contribution in [-0.2, 0) is 0 Å². The largest absolute Gasteiger partial charge is 0.0683 e. The molecule has 2 aliphatic carbocycles. The van der Waals surface area contributed by atoms with Crippen LogP contribution in [-0.4, -0.2) is 0 Å². The zero-order valence-corrected chi connectivity index (χ0v) is 10.7. The van der Waals surface area contributed by atoms with Gasteiger partial charge in [-0.1, -0.05) is 54.4 Å². The highest BCUT2D eigenvalue weighted by Crippen LogP contribution is 2.60. The summed E-state index contributed by atoms with van der Waals surface area (Å²) < 4.78 is 0. The molecule has 0 bridgehead atoms. The summed E-state index contributed by atoms with van der Waals surface area (Å²) in [6.07, 6.45) is 9.03. The molecule has 82 valence electrons. The Labute approximate surface area is 86.1 Å². The highest BCUT2D eigenvalue weighted by atomic mass is 14.5. The third-order valence-corrected chi connectivity index (χ3v) is 2.37. The van der Waals surface area contributed by atoms with Crippen molar-refractivity contribution < 1.29 is 0 Å². The first kappa shape index (κ1) is 15.5. The van der Waals surface area contributed by atoms with E-state index in [0.717, 1.165) is 5.41 Å². The van der Waals surface area contributed by atoms with E-state index < -0.39 is 0 Å². The van der Waals surface area contributed by atoms with E-state index in [2.05, 4.69) is 13.8 Å². The lowest BCUT2D eigenvalue weighted by atomic mass is 9.82. The van der Waals surface area contributed by atoms with Gasteiger partial charge in [-0.05, 0) is 31.1 Å². The first-order valence-corrected chi connectivity index (χ1v) is 6.33. The molecule has 0 aliphatic heterocycles. The molecule has 2 aliphatic rings. The summed E-state index contributed by atoms with van der Waals surface area (Å²) in [5.41, 5.74) is 0.972. The lowest BCUT2D eigenvalue weighted by Gasteiger charge is -2.23. The molecule has 0 aromatic rings. The summed E-state index contributed by atoms with van der Waals surface area (Å²) in [5, 5.41) is 0. The van der Waals surface area contributed by atoms with Gasteiger partial charge in [0.1, 0.15) is 0 Å². The molecule has 0 amide bonds. The standard InChI is InChI=1S/C6H10.C3H8.2C2H6/c1-2-6(3-1)4-5-6;1-3-2;2*1-2/h1-5H2;3H2,1-2H3;2*1-2H3. The van der Waals surface area contributed by atoms with Gasteiger partial charge in [0.2, 0.25) is 0 Å². The maximum atomic E-state index is 2.12. The summed E-state index contributed by atoms with van der Waals surface area (Å²) >= 11 is 0. The van der Waals surface area contributed by atoms with Crippen LogP contribution >= 0.6 is 0 Å². The summed E-state index contributed by atoms with van der Waals surface area (Å²) in [6.45, 7) is 12.2. The quantitative estimate of drug-likeness (QED) is 0.474. The second-order valence-corrected chi connectivity index (χ2v) is 3.56. The fourth-order valence-corrected chi connectivity index (χ4v) is 1.35. The average Bonchev–Trinajstić information content (AvgIpc) is 2.91. The second-order valence-electron chi connectivity index (χ2n) is 3.56. The van der Waals surface area contributed by atoms with Gasteiger partial charge >= 0.3 is 0 Å². The molecule has 0 radical (unpaired) electrons. The molecule has 2 saturated carbocycles. The van der Waals surface area contributed by atoms with Crippen LogP contribution in [0.4, 0.5) is 0 Å². The first-order valence-electron chi connectivity index (χ1n) is 6.33. The van der Waals surface area contributed by atoms with Crippen molar-refractivity contribution in [3.05, 3.63) is 0 Å². The zero-order valence-electron chi connectivity index (χ0n) is 10.7. The predicted molar refractivity (Wildman–Crippen MR) is 64.2 cm³/mol. The van der Waals surface area contributed by atoms with Crippen molar-refractivity contribution in [2.24, 2.45) is 5.41 Å². The van der Waals surface area contributed by atoms with Gasteiger partial charge in [-0.15, -0.1) is 0 Å². The summed E-state index contributed by atoms with van der Waals surface area (Å²) in [4.78, 5) is 0. The SMILES string of the molecule is C1CC2(C1)CC2.CC.CC.CCC. The van der Waals surface area contributed by atoms with Crippen molar-refractivity contribution in [3.63, 3.8) is 0 Å². The van der Waals surface area contributed by atoms with E-state index in [1.807, 2.05) is 27.7 Å². The van der Waals surface area contributed by atoms with Crippen molar-refractivity contribution in [2.75, 3.05) is 0 Å². The number of hydrogen-bond donors (Lipinski definition) is 0. The minimum atomic E-state index is 0.972. The molecule has 1 spiro atoms. The Kier molecular flexibility index (Phi) is 12.0. The maximum absolute atomic E-state index is 2.12. The van der Waals surface area contributed by atoms with Crippen molar-refractivity contribution in [2.45, 2.75) is 80.1 Å². The molecular formula is C13H30. The molecule has 0 atom stereocenters. The third kappa shape index (κ3) is 7.10. The van der Waals surface area contributed by atoms with Crippen molar-refractivity contribution in [1.82, 2.24) is 0 Å². The fourth-order valence-electron chi connectivity index (χ4n) is 1.35. The average molecular weight is 186 g/mol. The van der Waals surface area contributed by atoms with Crippen LogP contribution in [0.5, 0.6) is 0 Å². The zero-order chi connectivity index (χ0) is 10.7. The Morgan fingerprint density at radius 1 is 0.769 bits per heavy atom. The molecule has 0 unspecified atom stereocenters. The van der Waals surface area contributed by atoms with Crippen molar-refractivity contribution in [3.8, 4) is 0 Å². The van der Waals surface area contributed by atoms with Crippen molar-refractivity contribution in [1.29, 1.82) is 0 Å². The van der Waals surface area contributed by atoms with Crippen LogP contribution in [0.3, 0.4) is 0 Å². The highest BCUT2D eigenvalue weighted by molar-refractivity contribution is 4.98. The predicted octanol–water partition coefficient (Wildman–Crippen LogP) is 5.42. The monoisotopic (exact) mass is 186 g/mol. The van der Waals surface area contributed by atoms with Crippen LogP contribution in [0.25, 0.3) is 0 Å². The molecule has 13 heavy (non-hydrogen) atoms. The van der Waals surface area contributed by atoms with E-state index in [9.17, 15) is 0 Å². The smallest absolute Gasteiger partial charge is 0.0297 e. The van der Waals surface area contributed by atoms with Gasteiger partial charge < -0.3 is 0 Å². The van der Waals surface area contributed by atoms with E-state index in [1.165, 1.54) is 12.8 Å². The Morgan fingerprint density at radius 3 is 1.08 bits per heavy atom. The van der Waals surface area contributed by atoms with Crippen LogP contribution in [0.2, 0.25) is 0 Å². The molecule has 2 rings (SSSR count). The maximum Gasteiger partial charge on any atom is -0.0297 e. The van der Waals surface area contributed by atoms with Crippen LogP contribution in [0, 0.1) is 5.41 Å². The van der Waals surface area contributed by atoms with E-state index in [-0.39, 0.29) is 0 Å². The Hall–Kier alpha value is 0. The van der Waals surface area contributed by atoms with Gasteiger partial charge in [0, 0.05) is 0 Å². The van der Waals surface area contributed by atoms with Gasteiger partial charge in [0.15, 0.2) is 0 Å². The Bertz CT molecular complexity index is 74.0. The number of hydrogen-bond acceptors (Lipinski definition) is 0. The second kappa shape index (κ2) is 10.1. The van der Waals surface area contributed by atoms with E-state index in [0.29, 0.717) is 0 Å². The summed E-state index contributed by atoms with van der Waals surface area (Å²) in [7, 11) is 0. The summed E-state index contributed by atoms with van der Waals surface area (Å²) in [5.74, 6) is 0. The minimum Gasteiger partial charge on any atom is -0.0683 e. The lowest BCUT2D eigenvalue weighted by Crippen LogP contribution is -2.10. The number of rotatable bonds is 0. The van der Waals surface area contributed by atoms with Crippen LogP contribution in [0.15, 0.2) is 0 Å². The molecule has 0 heteroatoms. The molecule has 0 nitrogen and oxygen atoms in total. The van der Waals surface area contributed by atoms with Gasteiger partial charge in [0.05, 0.1) is 0 Å². The first-order chi connectivity index (χ1) is 6.33. The molecular weight excluding hydrogens is 156 g/mol.